The van der Waals surface area contributed by atoms with Gasteiger partial charge in [-0.2, -0.15) is 0 Å². The van der Waals surface area contributed by atoms with Gasteiger partial charge < -0.3 is 10.2 Å². The first-order valence-corrected chi connectivity index (χ1v) is 7.78. The van der Waals surface area contributed by atoms with E-state index in [9.17, 15) is 0 Å². The van der Waals surface area contributed by atoms with E-state index in [2.05, 4.69) is 54.8 Å². The van der Waals surface area contributed by atoms with Crippen molar-refractivity contribution in [1.29, 1.82) is 0 Å². The summed E-state index contributed by atoms with van der Waals surface area (Å²) in [6.45, 7) is 13.1. The summed E-state index contributed by atoms with van der Waals surface area (Å²) in [5.41, 5.74) is 1.15. The Labute approximate surface area is 123 Å². The molecule has 0 amide bonds. The normalized spacial score (nSPS) is 27.1. The second-order valence-electron chi connectivity index (χ2n) is 6.64. The Bertz CT molecular complexity index is 415. The van der Waals surface area contributed by atoms with Gasteiger partial charge in [0.2, 0.25) is 5.95 Å². The minimum atomic E-state index is 0.485. The quantitative estimate of drug-likeness (QED) is 0.918. The van der Waals surface area contributed by atoms with Crippen molar-refractivity contribution in [2.24, 2.45) is 11.8 Å². The van der Waals surface area contributed by atoms with E-state index in [0.717, 1.165) is 24.6 Å². The van der Waals surface area contributed by atoms with Crippen molar-refractivity contribution in [2.75, 3.05) is 11.4 Å². The number of nitrogens with one attached hydrogen (secondary N) is 1. The maximum Gasteiger partial charge on any atom is 0.225 e. The molecule has 3 unspecified atom stereocenters. The molecule has 1 saturated heterocycles. The van der Waals surface area contributed by atoms with Gasteiger partial charge in [-0.15, -0.1) is 0 Å². The molecule has 1 aromatic heterocycles. The molecule has 0 aromatic carbocycles. The van der Waals surface area contributed by atoms with E-state index in [1.165, 1.54) is 6.42 Å². The number of hydrogen-bond donors (Lipinski definition) is 1. The van der Waals surface area contributed by atoms with Gasteiger partial charge in [-0.1, -0.05) is 27.7 Å². The molecule has 0 aliphatic carbocycles. The Morgan fingerprint density at radius 2 is 1.90 bits per heavy atom. The van der Waals surface area contributed by atoms with Crippen molar-refractivity contribution < 1.29 is 0 Å². The molecule has 0 saturated carbocycles. The largest absolute Gasteiger partial charge is 0.338 e. The molecule has 3 atom stereocenters. The second kappa shape index (κ2) is 6.53. The van der Waals surface area contributed by atoms with E-state index >= 15 is 0 Å². The highest BCUT2D eigenvalue weighted by Gasteiger charge is 2.30. The molecule has 1 aromatic rings. The smallest absolute Gasteiger partial charge is 0.225 e. The van der Waals surface area contributed by atoms with Crippen LogP contribution in [0.15, 0.2) is 12.4 Å². The lowest BCUT2D eigenvalue weighted by atomic mass is 9.86. The Hall–Kier alpha value is -1.16. The van der Waals surface area contributed by atoms with Crippen LogP contribution in [-0.2, 0) is 6.54 Å². The Morgan fingerprint density at radius 1 is 1.25 bits per heavy atom. The van der Waals surface area contributed by atoms with Crippen LogP contribution in [0.3, 0.4) is 0 Å². The summed E-state index contributed by atoms with van der Waals surface area (Å²) in [5.74, 6) is 2.29. The van der Waals surface area contributed by atoms with Crippen molar-refractivity contribution in [3.63, 3.8) is 0 Å². The van der Waals surface area contributed by atoms with E-state index in [1.807, 2.05) is 12.4 Å². The van der Waals surface area contributed by atoms with Gasteiger partial charge in [-0.05, 0) is 25.2 Å². The fraction of sp³-hybridized carbons (Fsp3) is 0.750. The minimum absolute atomic E-state index is 0.485. The monoisotopic (exact) mass is 276 g/mol. The molecule has 112 valence electrons. The van der Waals surface area contributed by atoms with Crippen LogP contribution in [0.1, 0.15) is 46.6 Å². The van der Waals surface area contributed by atoms with E-state index in [1.54, 1.807) is 0 Å². The van der Waals surface area contributed by atoms with Gasteiger partial charge in [0.25, 0.3) is 0 Å². The SMILES string of the molecule is CC1CC(C)C(C)N(c2ncc(CNC(C)C)cn2)C1. The number of rotatable bonds is 4. The molecule has 1 aliphatic heterocycles. The van der Waals surface area contributed by atoms with Crippen molar-refractivity contribution in [1.82, 2.24) is 15.3 Å². The van der Waals surface area contributed by atoms with Crippen molar-refractivity contribution in [2.45, 2.75) is 59.7 Å². The molecular weight excluding hydrogens is 248 g/mol. The number of aromatic nitrogens is 2. The predicted octanol–water partition coefficient (Wildman–Crippen LogP) is 2.85. The summed E-state index contributed by atoms with van der Waals surface area (Å²) >= 11 is 0. The molecule has 0 bridgehead atoms. The zero-order chi connectivity index (χ0) is 14.7. The minimum Gasteiger partial charge on any atom is -0.338 e. The van der Waals surface area contributed by atoms with Crippen LogP contribution in [0.2, 0.25) is 0 Å². The zero-order valence-corrected chi connectivity index (χ0v) is 13.4. The van der Waals surface area contributed by atoms with Crippen molar-refractivity contribution in [3.8, 4) is 0 Å². The van der Waals surface area contributed by atoms with Gasteiger partial charge in [0.1, 0.15) is 0 Å². The maximum atomic E-state index is 4.57. The van der Waals surface area contributed by atoms with Crippen molar-refractivity contribution >= 4 is 5.95 Å². The van der Waals surface area contributed by atoms with Gasteiger partial charge in [0, 0.05) is 43.1 Å². The third-order valence-corrected chi connectivity index (χ3v) is 4.26. The van der Waals surface area contributed by atoms with E-state index < -0.39 is 0 Å². The van der Waals surface area contributed by atoms with E-state index in [4.69, 9.17) is 0 Å². The lowest BCUT2D eigenvalue weighted by molar-refractivity contribution is 0.293. The summed E-state index contributed by atoms with van der Waals surface area (Å²) in [5, 5.41) is 3.39. The standard InChI is InChI=1S/C16H28N4/c1-11(2)17-7-15-8-18-16(19-9-15)20-10-12(3)6-13(4)14(20)5/h8-9,11-14,17H,6-7,10H2,1-5H3. The molecule has 20 heavy (non-hydrogen) atoms. The molecule has 4 nitrogen and oxygen atoms in total. The molecule has 1 fully saturated rings. The van der Waals surface area contributed by atoms with Crippen LogP contribution in [0.25, 0.3) is 0 Å². The molecule has 2 rings (SSSR count). The Kier molecular flexibility index (Phi) is 4.97. The van der Waals surface area contributed by atoms with Crippen molar-refractivity contribution in [3.05, 3.63) is 18.0 Å². The second-order valence-corrected chi connectivity index (χ2v) is 6.64. The van der Waals surface area contributed by atoms with Gasteiger partial charge in [0.15, 0.2) is 0 Å². The highest BCUT2D eigenvalue weighted by atomic mass is 15.3. The summed E-state index contributed by atoms with van der Waals surface area (Å²) in [7, 11) is 0. The molecule has 2 heterocycles. The van der Waals surface area contributed by atoms with Crippen LogP contribution in [0.5, 0.6) is 0 Å². The summed E-state index contributed by atoms with van der Waals surface area (Å²) < 4.78 is 0. The van der Waals surface area contributed by atoms with Crippen LogP contribution < -0.4 is 10.2 Å². The molecule has 1 N–H and O–H groups in total. The summed E-state index contributed by atoms with van der Waals surface area (Å²) in [6, 6.07) is 1.00. The van der Waals surface area contributed by atoms with E-state index in [-0.39, 0.29) is 0 Å². The zero-order valence-electron chi connectivity index (χ0n) is 13.4. The highest BCUT2D eigenvalue weighted by molar-refractivity contribution is 5.33. The first-order valence-electron chi connectivity index (χ1n) is 7.78. The molecular formula is C16H28N4. The van der Waals surface area contributed by atoms with Crippen LogP contribution >= 0.6 is 0 Å². The number of nitrogens with zero attached hydrogens (tertiary/aromatic N) is 3. The fourth-order valence-corrected chi connectivity index (χ4v) is 2.89. The number of hydrogen-bond acceptors (Lipinski definition) is 4. The van der Waals surface area contributed by atoms with Gasteiger partial charge in [-0.25, -0.2) is 9.97 Å². The summed E-state index contributed by atoms with van der Waals surface area (Å²) in [4.78, 5) is 11.5. The lowest BCUT2D eigenvalue weighted by Crippen LogP contribution is -2.46. The Morgan fingerprint density at radius 3 is 2.50 bits per heavy atom. The van der Waals surface area contributed by atoms with E-state index in [0.29, 0.717) is 23.9 Å². The average Bonchev–Trinajstić information content (AvgIpc) is 2.41. The van der Waals surface area contributed by atoms with Crippen LogP contribution in [0, 0.1) is 11.8 Å². The van der Waals surface area contributed by atoms with Gasteiger partial charge in [0.05, 0.1) is 0 Å². The Balaban J connectivity index is 2.05. The van der Waals surface area contributed by atoms with Crippen LogP contribution in [-0.4, -0.2) is 28.6 Å². The molecule has 1 aliphatic rings. The third kappa shape index (κ3) is 3.69. The number of anilines is 1. The first-order chi connectivity index (χ1) is 9.47. The lowest BCUT2D eigenvalue weighted by Gasteiger charge is -2.41. The first kappa shape index (κ1) is 15.2. The maximum absolute atomic E-state index is 4.57. The number of piperidine rings is 1. The fourth-order valence-electron chi connectivity index (χ4n) is 2.89. The van der Waals surface area contributed by atoms with Crippen LogP contribution in [0.4, 0.5) is 5.95 Å². The average molecular weight is 276 g/mol. The highest BCUT2D eigenvalue weighted by Crippen LogP contribution is 2.29. The van der Waals surface area contributed by atoms with Gasteiger partial charge >= 0.3 is 0 Å². The third-order valence-electron chi connectivity index (χ3n) is 4.26. The molecule has 0 spiro atoms. The van der Waals surface area contributed by atoms with Gasteiger partial charge in [-0.3, -0.25) is 0 Å². The predicted molar refractivity (Wildman–Crippen MR) is 83.8 cm³/mol. The topological polar surface area (TPSA) is 41.1 Å². The molecule has 0 radical (unpaired) electrons. The molecule has 4 heteroatoms. The summed E-state index contributed by atoms with van der Waals surface area (Å²) in [6.07, 6.45) is 5.21.